The van der Waals surface area contributed by atoms with Crippen LogP contribution in [0.25, 0.3) is 0 Å². The molecule has 0 aromatic heterocycles. The van der Waals surface area contributed by atoms with E-state index in [1.807, 2.05) is 12.1 Å². The minimum Gasteiger partial charge on any atom is -0.444 e. The molecule has 1 aromatic rings. The fourth-order valence-electron chi connectivity index (χ4n) is 2.42. The van der Waals surface area contributed by atoms with Crippen LogP contribution in [0, 0.1) is 0 Å². The fraction of sp³-hybridized carbons (Fsp3) is 0.357. The molecule has 2 aliphatic heterocycles. The second-order valence-electron chi connectivity index (χ2n) is 5.14. The Labute approximate surface area is 131 Å². The molecule has 22 heavy (non-hydrogen) atoms. The van der Waals surface area contributed by atoms with E-state index >= 15 is 0 Å². The maximum absolute atomic E-state index is 12.0. The van der Waals surface area contributed by atoms with E-state index in [0.717, 1.165) is 4.90 Å². The molecule has 0 unspecified atom stereocenters. The third-order valence-corrected chi connectivity index (χ3v) is 4.57. The number of hydrogen-bond donors (Lipinski definition) is 2. The molecule has 7 nitrogen and oxygen atoms in total. The van der Waals surface area contributed by atoms with Gasteiger partial charge in [0.05, 0.1) is 18.0 Å². The van der Waals surface area contributed by atoms with Crippen LogP contribution in [0.4, 0.5) is 16.2 Å². The summed E-state index contributed by atoms with van der Waals surface area (Å²) in [5, 5.41) is 2.79. The van der Waals surface area contributed by atoms with Gasteiger partial charge in [0.25, 0.3) is 0 Å². The molecule has 116 valence electrons. The van der Waals surface area contributed by atoms with E-state index in [1.165, 1.54) is 16.7 Å². The van der Waals surface area contributed by atoms with Crippen LogP contribution in [0.5, 0.6) is 0 Å². The van der Waals surface area contributed by atoms with Crippen molar-refractivity contribution in [1.29, 1.82) is 0 Å². The Morgan fingerprint density at radius 2 is 2.27 bits per heavy atom. The van der Waals surface area contributed by atoms with Crippen molar-refractivity contribution < 1.29 is 19.1 Å². The predicted molar refractivity (Wildman–Crippen MR) is 81.8 cm³/mol. The zero-order chi connectivity index (χ0) is 15.7. The third kappa shape index (κ3) is 3.01. The molecule has 1 fully saturated rings. The Morgan fingerprint density at radius 3 is 3.05 bits per heavy atom. The number of fused-ring (bicyclic) bond motifs is 1. The number of nitrogens with two attached hydrogens (primary N) is 1. The Hall–Kier alpha value is -2.22. The van der Waals surface area contributed by atoms with Crippen LogP contribution in [-0.4, -0.2) is 36.3 Å². The summed E-state index contributed by atoms with van der Waals surface area (Å²) in [7, 11) is 0. The highest BCUT2D eigenvalue weighted by Gasteiger charge is 2.32. The number of amides is 3. The van der Waals surface area contributed by atoms with Crippen LogP contribution in [0.1, 0.15) is 12.8 Å². The second kappa shape index (κ2) is 5.88. The zero-order valence-electron chi connectivity index (χ0n) is 11.7. The number of cyclic esters (lactones) is 1. The molecule has 0 bridgehead atoms. The van der Waals surface area contributed by atoms with Crippen molar-refractivity contribution in [1.82, 2.24) is 0 Å². The van der Waals surface area contributed by atoms with Crippen molar-refractivity contribution in [3.63, 3.8) is 0 Å². The number of hydrogen-bond acceptors (Lipinski definition) is 5. The lowest BCUT2D eigenvalue weighted by Crippen LogP contribution is -2.25. The van der Waals surface area contributed by atoms with Gasteiger partial charge in [-0.1, -0.05) is 0 Å². The van der Waals surface area contributed by atoms with E-state index in [4.69, 9.17) is 10.5 Å². The quantitative estimate of drug-likeness (QED) is 0.871. The lowest BCUT2D eigenvalue weighted by Gasteiger charge is -2.19. The van der Waals surface area contributed by atoms with Gasteiger partial charge in [-0.2, -0.15) is 0 Å². The van der Waals surface area contributed by atoms with Gasteiger partial charge < -0.3 is 15.8 Å². The van der Waals surface area contributed by atoms with Gasteiger partial charge >= 0.3 is 6.09 Å². The number of rotatable bonds is 4. The molecular weight excluding hydrogens is 306 g/mol. The molecule has 3 amide bonds. The number of anilines is 2. The Morgan fingerprint density at radius 1 is 1.45 bits per heavy atom. The number of ether oxygens (including phenoxy) is 1. The van der Waals surface area contributed by atoms with Crippen LogP contribution in [-0.2, 0) is 14.3 Å². The molecule has 0 aliphatic carbocycles. The van der Waals surface area contributed by atoms with E-state index in [-0.39, 0.29) is 18.4 Å². The van der Waals surface area contributed by atoms with Gasteiger partial charge in [0.1, 0.15) is 6.10 Å². The van der Waals surface area contributed by atoms with Crippen molar-refractivity contribution in [3.05, 3.63) is 18.2 Å². The van der Waals surface area contributed by atoms with Gasteiger partial charge in [0, 0.05) is 17.0 Å². The highest BCUT2D eigenvalue weighted by atomic mass is 32.2. The average Bonchev–Trinajstić information content (AvgIpc) is 2.85. The number of nitrogens with zero attached hydrogens (tertiary/aromatic N) is 1. The predicted octanol–water partition coefficient (Wildman–Crippen LogP) is 1.32. The number of primary amides is 1. The van der Waals surface area contributed by atoms with Gasteiger partial charge in [-0.3, -0.25) is 14.5 Å². The van der Waals surface area contributed by atoms with Crippen LogP contribution in [0.3, 0.4) is 0 Å². The summed E-state index contributed by atoms with van der Waals surface area (Å²) in [6.07, 6.45) is -0.207. The molecule has 3 N–H and O–H groups in total. The van der Waals surface area contributed by atoms with Gasteiger partial charge in [-0.15, -0.1) is 11.8 Å². The van der Waals surface area contributed by atoms with Crippen LogP contribution >= 0.6 is 11.8 Å². The third-order valence-electron chi connectivity index (χ3n) is 3.49. The molecule has 1 saturated heterocycles. The first-order valence-corrected chi connectivity index (χ1v) is 7.84. The molecular formula is C14H15N3O4S. The SMILES string of the molecule is NC(=O)CC[C@@H]1CN(c2ccc3c(c2)NC(=O)CS3)C(=O)O1. The van der Waals surface area contributed by atoms with E-state index in [0.29, 0.717) is 30.1 Å². The standard InChI is InChI=1S/C14H15N3O4S/c15-12(18)4-2-9-6-17(14(20)21-9)8-1-3-11-10(5-8)16-13(19)7-22-11/h1,3,5,9H,2,4,6-7H2,(H2,15,18)(H,16,19)/t9-/m1/s1. The van der Waals surface area contributed by atoms with Crippen molar-refractivity contribution >= 4 is 41.0 Å². The number of carbonyl (C=O) groups is 3. The molecule has 8 heteroatoms. The first-order chi connectivity index (χ1) is 10.5. The van der Waals surface area contributed by atoms with Crippen molar-refractivity contribution in [2.45, 2.75) is 23.8 Å². The maximum Gasteiger partial charge on any atom is 0.414 e. The number of carbonyl (C=O) groups excluding carboxylic acids is 3. The smallest absolute Gasteiger partial charge is 0.414 e. The van der Waals surface area contributed by atoms with E-state index in [2.05, 4.69) is 5.32 Å². The number of benzene rings is 1. The summed E-state index contributed by atoms with van der Waals surface area (Å²) in [4.78, 5) is 36.7. The van der Waals surface area contributed by atoms with Crippen molar-refractivity contribution in [2.24, 2.45) is 5.73 Å². The summed E-state index contributed by atoms with van der Waals surface area (Å²) in [6.45, 7) is 0.367. The highest BCUT2D eigenvalue weighted by molar-refractivity contribution is 8.00. The Kier molecular flexibility index (Phi) is 3.93. The summed E-state index contributed by atoms with van der Waals surface area (Å²) < 4.78 is 5.23. The lowest BCUT2D eigenvalue weighted by atomic mass is 10.2. The van der Waals surface area contributed by atoms with Crippen molar-refractivity contribution in [3.8, 4) is 0 Å². The first-order valence-electron chi connectivity index (χ1n) is 6.86. The lowest BCUT2D eigenvalue weighted by molar-refractivity contribution is -0.118. The molecule has 0 spiro atoms. The van der Waals surface area contributed by atoms with Gasteiger partial charge in [0.15, 0.2) is 0 Å². The minimum atomic E-state index is -0.454. The summed E-state index contributed by atoms with van der Waals surface area (Å²) in [5.74, 6) is -0.0752. The largest absolute Gasteiger partial charge is 0.444 e. The first kappa shape index (κ1) is 14.7. The molecule has 2 heterocycles. The van der Waals surface area contributed by atoms with E-state index in [9.17, 15) is 14.4 Å². The highest BCUT2D eigenvalue weighted by Crippen LogP contribution is 2.35. The molecule has 1 atom stereocenters. The average molecular weight is 321 g/mol. The van der Waals surface area contributed by atoms with E-state index < -0.39 is 12.0 Å². The van der Waals surface area contributed by atoms with Crippen LogP contribution in [0.2, 0.25) is 0 Å². The van der Waals surface area contributed by atoms with Gasteiger partial charge in [-0.05, 0) is 24.6 Å². The Bertz CT molecular complexity index is 649. The topological polar surface area (TPSA) is 102 Å². The summed E-state index contributed by atoms with van der Waals surface area (Å²) in [6, 6.07) is 5.46. The fourth-order valence-corrected chi connectivity index (χ4v) is 3.21. The number of nitrogens with one attached hydrogen (secondary N) is 1. The van der Waals surface area contributed by atoms with Gasteiger partial charge in [-0.25, -0.2) is 4.79 Å². The molecule has 3 rings (SSSR count). The summed E-state index contributed by atoms with van der Waals surface area (Å²) in [5.41, 5.74) is 6.47. The minimum absolute atomic E-state index is 0.0574. The number of thioether (sulfide) groups is 1. The molecule has 0 saturated carbocycles. The second-order valence-corrected chi connectivity index (χ2v) is 6.16. The normalized spacial score (nSPS) is 20.4. The molecule has 0 radical (unpaired) electrons. The maximum atomic E-state index is 12.0. The zero-order valence-corrected chi connectivity index (χ0v) is 12.5. The van der Waals surface area contributed by atoms with Crippen LogP contribution < -0.4 is 16.0 Å². The summed E-state index contributed by atoms with van der Waals surface area (Å²) >= 11 is 1.46. The van der Waals surface area contributed by atoms with E-state index in [1.54, 1.807) is 6.07 Å². The Balaban J connectivity index is 1.74. The van der Waals surface area contributed by atoms with Gasteiger partial charge in [0.2, 0.25) is 11.8 Å². The van der Waals surface area contributed by atoms with Crippen LogP contribution in [0.15, 0.2) is 23.1 Å². The van der Waals surface area contributed by atoms with Crippen molar-refractivity contribution in [2.75, 3.05) is 22.5 Å². The molecule has 2 aliphatic rings. The monoisotopic (exact) mass is 321 g/mol. The molecule has 1 aromatic carbocycles.